The summed E-state index contributed by atoms with van der Waals surface area (Å²) in [6.45, 7) is 4.04. The van der Waals surface area contributed by atoms with E-state index in [0.29, 0.717) is 17.5 Å². The number of hydrogen-bond donors (Lipinski definition) is 1. The van der Waals surface area contributed by atoms with Crippen LogP contribution in [-0.4, -0.2) is 39.6 Å². The molecular weight excluding hydrogens is 268 g/mol. The van der Waals surface area contributed by atoms with Gasteiger partial charge in [-0.05, 0) is 38.8 Å². The Balaban J connectivity index is 1.91. The first-order valence-electron chi connectivity index (χ1n) is 7.61. The molecule has 1 heterocycles. The van der Waals surface area contributed by atoms with Crippen molar-refractivity contribution in [3.63, 3.8) is 0 Å². The van der Waals surface area contributed by atoms with E-state index >= 15 is 0 Å². The lowest BCUT2D eigenvalue weighted by Crippen LogP contribution is -2.45. The van der Waals surface area contributed by atoms with Crippen LogP contribution in [-0.2, 0) is 11.4 Å². The molecule has 116 valence electrons. The largest absolute Gasteiger partial charge is 0.482 e. The van der Waals surface area contributed by atoms with E-state index in [4.69, 9.17) is 9.84 Å². The van der Waals surface area contributed by atoms with Gasteiger partial charge in [-0.1, -0.05) is 12.8 Å². The van der Waals surface area contributed by atoms with Crippen LogP contribution >= 0.6 is 0 Å². The molecule has 5 heteroatoms. The third-order valence-electron chi connectivity index (χ3n) is 3.88. The monoisotopic (exact) mass is 292 g/mol. The fourth-order valence-electron chi connectivity index (χ4n) is 2.91. The number of carbonyl (C=O) groups is 1. The molecule has 1 amide bonds. The average Bonchev–Trinajstić information content (AvgIpc) is 2.99. The van der Waals surface area contributed by atoms with Crippen molar-refractivity contribution >= 4 is 5.91 Å². The second-order valence-corrected chi connectivity index (χ2v) is 5.77. The minimum atomic E-state index is -0.0952. The van der Waals surface area contributed by atoms with E-state index in [1.807, 2.05) is 18.7 Å². The third kappa shape index (κ3) is 4.17. The van der Waals surface area contributed by atoms with Crippen LogP contribution < -0.4 is 4.74 Å². The van der Waals surface area contributed by atoms with E-state index in [9.17, 15) is 4.79 Å². The first kappa shape index (κ1) is 15.8. The molecule has 1 aromatic rings. The number of carbonyl (C=O) groups excluding carboxylic acids is 1. The first-order valence-corrected chi connectivity index (χ1v) is 7.61. The fraction of sp³-hybridized carbons (Fsp3) is 0.625. The standard InChI is InChI=1S/C16H24N2O3/c1-12(2)18(14-5-3-4-6-14)16(20)11-21-15-8-7-13(10-19)17-9-15/h7-9,12,14,19H,3-6,10-11H2,1-2H3. The van der Waals surface area contributed by atoms with Gasteiger partial charge in [0.1, 0.15) is 5.75 Å². The molecule has 2 rings (SSSR count). The van der Waals surface area contributed by atoms with Crippen LogP contribution in [0.5, 0.6) is 5.75 Å². The van der Waals surface area contributed by atoms with Crippen molar-refractivity contribution in [2.24, 2.45) is 0 Å². The maximum absolute atomic E-state index is 12.4. The lowest BCUT2D eigenvalue weighted by atomic mass is 10.1. The van der Waals surface area contributed by atoms with Gasteiger partial charge in [-0.15, -0.1) is 0 Å². The minimum absolute atomic E-state index is 0.0307. The summed E-state index contributed by atoms with van der Waals surface area (Å²) in [7, 11) is 0. The van der Waals surface area contributed by atoms with Gasteiger partial charge in [-0.25, -0.2) is 0 Å². The Kier molecular flexibility index (Phi) is 5.56. The molecule has 0 atom stereocenters. The summed E-state index contributed by atoms with van der Waals surface area (Å²) in [6, 6.07) is 3.97. The maximum atomic E-state index is 12.4. The summed E-state index contributed by atoms with van der Waals surface area (Å²) >= 11 is 0. The number of pyridine rings is 1. The van der Waals surface area contributed by atoms with Gasteiger partial charge in [0.2, 0.25) is 0 Å². The van der Waals surface area contributed by atoms with E-state index in [0.717, 1.165) is 12.8 Å². The van der Waals surface area contributed by atoms with Crippen LogP contribution in [0, 0.1) is 0 Å². The Morgan fingerprint density at radius 3 is 2.67 bits per heavy atom. The number of rotatable bonds is 6. The van der Waals surface area contributed by atoms with Crippen molar-refractivity contribution in [2.45, 2.75) is 58.2 Å². The highest BCUT2D eigenvalue weighted by Crippen LogP contribution is 2.25. The molecule has 0 radical (unpaired) electrons. The van der Waals surface area contributed by atoms with Crippen molar-refractivity contribution in [1.29, 1.82) is 0 Å². The molecule has 0 aliphatic heterocycles. The van der Waals surface area contributed by atoms with Gasteiger partial charge < -0.3 is 14.7 Å². The van der Waals surface area contributed by atoms with E-state index in [2.05, 4.69) is 4.98 Å². The van der Waals surface area contributed by atoms with E-state index in [1.165, 1.54) is 19.0 Å². The average molecular weight is 292 g/mol. The molecular formula is C16H24N2O3. The summed E-state index contributed by atoms with van der Waals surface area (Å²) < 4.78 is 5.52. The zero-order valence-electron chi connectivity index (χ0n) is 12.8. The zero-order valence-corrected chi connectivity index (χ0v) is 12.8. The minimum Gasteiger partial charge on any atom is -0.482 e. The molecule has 1 fully saturated rings. The molecule has 0 saturated heterocycles. The van der Waals surface area contributed by atoms with Crippen molar-refractivity contribution < 1.29 is 14.6 Å². The molecule has 1 aliphatic carbocycles. The summed E-state index contributed by atoms with van der Waals surface area (Å²) in [6.07, 6.45) is 6.13. The van der Waals surface area contributed by atoms with Crippen molar-refractivity contribution in [2.75, 3.05) is 6.61 Å². The van der Waals surface area contributed by atoms with Crippen LogP contribution in [0.1, 0.15) is 45.2 Å². The summed E-state index contributed by atoms with van der Waals surface area (Å²) in [5.41, 5.74) is 0.587. The highest BCUT2D eigenvalue weighted by Gasteiger charge is 2.28. The second-order valence-electron chi connectivity index (χ2n) is 5.77. The van der Waals surface area contributed by atoms with Gasteiger partial charge >= 0.3 is 0 Å². The van der Waals surface area contributed by atoms with Crippen molar-refractivity contribution in [3.8, 4) is 5.75 Å². The lowest BCUT2D eigenvalue weighted by Gasteiger charge is -2.32. The third-order valence-corrected chi connectivity index (χ3v) is 3.88. The molecule has 1 N–H and O–H groups in total. The molecule has 1 saturated carbocycles. The van der Waals surface area contributed by atoms with Crippen LogP contribution in [0.2, 0.25) is 0 Å². The van der Waals surface area contributed by atoms with Gasteiger partial charge in [0.15, 0.2) is 6.61 Å². The van der Waals surface area contributed by atoms with Crippen molar-refractivity contribution in [3.05, 3.63) is 24.0 Å². The van der Waals surface area contributed by atoms with Crippen LogP contribution in [0.15, 0.2) is 18.3 Å². The molecule has 1 aliphatic rings. The highest BCUT2D eigenvalue weighted by atomic mass is 16.5. The predicted molar refractivity (Wildman–Crippen MR) is 79.9 cm³/mol. The normalized spacial score (nSPS) is 15.4. The number of ether oxygens (including phenoxy) is 1. The second kappa shape index (κ2) is 7.41. The lowest BCUT2D eigenvalue weighted by molar-refractivity contribution is -0.137. The molecule has 1 aromatic heterocycles. The van der Waals surface area contributed by atoms with Gasteiger partial charge in [0.05, 0.1) is 18.5 Å². The number of aliphatic hydroxyl groups excluding tert-OH is 1. The zero-order chi connectivity index (χ0) is 15.2. The molecule has 0 aromatic carbocycles. The quantitative estimate of drug-likeness (QED) is 0.872. The summed E-state index contributed by atoms with van der Waals surface area (Å²) in [5, 5.41) is 8.94. The van der Waals surface area contributed by atoms with Gasteiger partial charge in [-0.2, -0.15) is 0 Å². The number of aromatic nitrogens is 1. The molecule has 0 unspecified atom stereocenters. The van der Waals surface area contributed by atoms with E-state index < -0.39 is 0 Å². The number of amides is 1. The van der Waals surface area contributed by atoms with Gasteiger partial charge in [-0.3, -0.25) is 9.78 Å². The molecule has 21 heavy (non-hydrogen) atoms. The first-order chi connectivity index (χ1) is 10.1. The molecule has 0 bridgehead atoms. The Bertz CT molecular complexity index is 453. The van der Waals surface area contributed by atoms with Gasteiger partial charge in [0.25, 0.3) is 5.91 Å². The van der Waals surface area contributed by atoms with Crippen LogP contribution in [0.25, 0.3) is 0 Å². The molecule has 0 spiro atoms. The summed E-state index contributed by atoms with van der Waals surface area (Å²) in [5.74, 6) is 0.582. The van der Waals surface area contributed by atoms with Gasteiger partial charge in [0, 0.05) is 12.1 Å². The predicted octanol–water partition coefficient (Wildman–Crippen LogP) is 2.13. The SMILES string of the molecule is CC(C)N(C(=O)COc1ccc(CO)nc1)C1CCCC1. The Morgan fingerprint density at radius 2 is 2.14 bits per heavy atom. The van der Waals surface area contributed by atoms with Crippen LogP contribution in [0.4, 0.5) is 0 Å². The van der Waals surface area contributed by atoms with Crippen LogP contribution in [0.3, 0.4) is 0 Å². The topological polar surface area (TPSA) is 62.7 Å². The van der Waals surface area contributed by atoms with Crippen molar-refractivity contribution in [1.82, 2.24) is 9.88 Å². The maximum Gasteiger partial charge on any atom is 0.260 e. The highest BCUT2D eigenvalue weighted by molar-refractivity contribution is 5.78. The number of nitrogens with zero attached hydrogens (tertiary/aromatic N) is 2. The molecule has 5 nitrogen and oxygen atoms in total. The Hall–Kier alpha value is -1.62. The fourth-order valence-corrected chi connectivity index (χ4v) is 2.91. The van der Waals surface area contributed by atoms with E-state index in [1.54, 1.807) is 12.1 Å². The van der Waals surface area contributed by atoms with E-state index in [-0.39, 0.29) is 25.2 Å². The smallest absolute Gasteiger partial charge is 0.260 e. The number of aliphatic hydroxyl groups is 1. The Labute approximate surface area is 125 Å². The Morgan fingerprint density at radius 1 is 1.43 bits per heavy atom. The number of hydrogen-bond acceptors (Lipinski definition) is 4. The summed E-state index contributed by atoms with van der Waals surface area (Å²) in [4.78, 5) is 18.4.